The minimum absolute atomic E-state index is 0.938. The van der Waals surface area contributed by atoms with Gasteiger partial charge in [-0.1, -0.05) is 47.2 Å². The molecule has 0 fully saturated rings. The molecule has 0 unspecified atom stereocenters. The van der Waals surface area contributed by atoms with Gasteiger partial charge in [0, 0.05) is 18.1 Å². The zero-order valence-corrected chi connectivity index (χ0v) is 12.7. The van der Waals surface area contributed by atoms with Gasteiger partial charge in [-0.2, -0.15) is 0 Å². The Kier molecular flexibility index (Phi) is 5.87. The van der Waals surface area contributed by atoms with Crippen molar-refractivity contribution in [1.82, 2.24) is 10.3 Å². The van der Waals surface area contributed by atoms with Crippen molar-refractivity contribution in [3.63, 3.8) is 0 Å². The summed E-state index contributed by atoms with van der Waals surface area (Å²) in [6, 6.07) is 10.4. The first-order chi connectivity index (χ1) is 8.92. The maximum Gasteiger partial charge on any atom is 0.0705 e. The summed E-state index contributed by atoms with van der Waals surface area (Å²) in [6.45, 7) is 2.04. The Bertz CT molecular complexity index is 479. The second-order valence-corrected chi connectivity index (χ2v) is 5.49. The van der Waals surface area contributed by atoms with Crippen LogP contribution in [0.2, 0.25) is 0 Å². The van der Waals surface area contributed by atoms with Crippen molar-refractivity contribution in [2.75, 3.05) is 11.0 Å². The smallest absolute Gasteiger partial charge is 0.0705 e. The summed E-state index contributed by atoms with van der Waals surface area (Å²) in [7, 11) is 0. The number of halogens is 1. The van der Waals surface area contributed by atoms with Crippen LogP contribution in [0, 0.1) is 0 Å². The molecule has 0 saturated heterocycles. The lowest BCUT2D eigenvalue weighted by Crippen LogP contribution is -2.15. The van der Waals surface area contributed by atoms with E-state index < -0.39 is 0 Å². The molecule has 0 radical (unpaired) electrons. The molecule has 3 heteroatoms. The molecule has 0 saturated carbocycles. The van der Waals surface area contributed by atoms with Gasteiger partial charge in [-0.05, 0) is 41.5 Å². The Balaban J connectivity index is 1.88. The van der Waals surface area contributed by atoms with E-state index in [0.29, 0.717) is 0 Å². The van der Waals surface area contributed by atoms with Crippen molar-refractivity contribution in [2.45, 2.75) is 25.8 Å². The quantitative estimate of drug-likeness (QED) is 0.463. The zero-order chi connectivity index (χ0) is 12.6. The highest BCUT2D eigenvalue weighted by atomic mass is 127. The lowest BCUT2D eigenvalue weighted by Gasteiger charge is -2.07. The molecular formula is C15H19IN2. The summed E-state index contributed by atoms with van der Waals surface area (Å²) in [5.41, 5.74) is 2.43. The average molecular weight is 354 g/mol. The normalized spacial score (nSPS) is 10.9. The highest BCUT2D eigenvalue weighted by Crippen LogP contribution is 2.15. The lowest BCUT2D eigenvalue weighted by atomic mass is 10.1. The standard InChI is InChI=1S/C15H19IN2/c16-9-4-1-5-10-17-12-13-8-11-18-15-7-3-2-6-14(13)15/h2-3,6-8,11,17H,1,4-5,9-10,12H2. The van der Waals surface area contributed by atoms with Crippen LogP contribution >= 0.6 is 22.6 Å². The molecule has 0 amide bonds. The van der Waals surface area contributed by atoms with E-state index in [1.807, 2.05) is 12.3 Å². The molecule has 2 rings (SSSR count). The summed E-state index contributed by atoms with van der Waals surface area (Å²) < 4.78 is 1.27. The van der Waals surface area contributed by atoms with Gasteiger partial charge in [-0.25, -0.2) is 0 Å². The molecule has 0 bridgehead atoms. The number of nitrogens with zero attached hydrogens (tertiary/aromatic N) is 1. The van der Waals surface area contributed by atoms with E-state index in [1.54, 1.807) is 0 Å². The first kappa shape index (κ1) is 13.7. The number of nitrogens with one attached hydrogen (secondary N) is 1. The second-order valence-electron chi connectivity index (χ2n) is 4.41. The van der Waals surface area contributed by atoms with E-state index in [9.17, 15) is 0 Å². The minimum Gasteiger partial charge on any atom is -0.313 e. The van der Waals surface area contributed by atoms with Crippen LogP contribution in [-0.2, 0) is 6.54 Å². The molecule has 0 atom stereocenters. The van der Waals surface area contributed by atoms with Crippen LogP contribution in [0.5, 0.6) is 0 Å². The maximum absolute atomic E-state index is 4.38. The van der Waals surface area contributed by atoms with Gasteiger partial charge in [0.1, 0.15) is 0 Å². The van der Waals surface area contributed by atoms with Gasteiger partial charge in [0.05, 0.1) is 5.52 Å². The Morgan fingerprint density at radius 2 is 1.94 bits per heavy atom. The van der Waals surface area contributed by atoms with E-state index >= 15 is 0 Å². The molecule has 0 aliphatic carbocycles. The first-order valence-electron chi connectivity index (χ1n) is 6.51. The number of aromatic nitrogens is 1. The van der Waals surface area contributed by atoms with Crippen molar-refractivity contribution >= 4 is 33.5 Å². The van der Waals surface area contributed by atoms with Crippen molar-refractivity contribution in [2.24, 2.45) is 0 Å². The molecule has 96 valence electrons. The predicted octanol–water partition coefficient (Wildman–Crippen LogP) is 3.93. The van der Waals surface area contributed by atoms with Gasteiger partial charge in [0.2, 0.25) is 0 Å². The van der Waals surface area contributed by atoms with Gasteiger partial charge in [-0.3, -0.25) is 4.98 Å². The number of alkyl halides is 1. The van der Waals surface area contributed by atoms with Crippen LogP contribution in [0.25, 0.3) is 10.9 Å². The Hall–Kier alpha value is -0.680. The molecule has 1 aromatic carbocycles. The third-order valence-corrected chi connectivity index (χ3v) is 3.80. The van der Waals surface area contributed by atoms with Gasteiger partial charge in [0.15, 0.2) is 0 Å². The average Bonchev–Trinajstić information content (AvgIpc) is 2.43. The largest absolute Gasteiger partial charge is 0.313 e. The van der Waals surface area contributed by atoms with Gasteiger partial charge >= 0.3 is 0 Å². The van der Waals surface area contributed by atoms with Crippen molar-refractivity contribution in [3.8, 4) is 0 Å². The number of para-hydroxylation sites is 1. The molecule has 2 aromatic rings. The van der Waals surface area contributed by atoms with Gasteiger partial charge < -0.3 is 5.32 Å². The summed E-state index contributed by atoms with van der Waals surface area (Å²) in [5.74, 6) is 0. The first-order valence-corrected chi connectivity index (χ1v) is 8.03. The van der Waals surface area contributed by atoms with E-state index in [-0.39, 0.29) is 0 Å². The molecule has 0 aliphatic heterocycles. The van der Waals surface area contributed by atoms with Gasteiger partial charge in [-0.15, -0.1) is 0 Å². The number of hydrogen-bond acceptors (Lipinski definition) is 2. The second kappa shape index (κ2) is 7.69. The SMILES string of the molecule is ICCCCCNCc1ccnc2ccccc12. The topological polar surface area (TPSA) is 24.9 Å². The van der Waals surface area contributed by atoms with Crippen LogP contribution in [-0.4, -0.2) is 16.0 Å². The molecule has 18 heavy (non-hydrogen) atoms. The van der Waals surface area contributed by atoms with Crippen molar-refractivity contribution in [1.29, 1.82) is 0 Å². The number of hydrogen-bond donors (Lipinski definition) is 1. The van der Waals surface area contributed by atoms with Crippen LogP contribution in [0.1, 0.15) is 24.8 Å². The lowest BCUT2D eigenvalue weighted by molar-refractivity contribution is 0.621. The van der Waals surface area contributed by atoms with Crippen molar-refractivity contribution < 1.29 is 0 Å². The molecule has 2 nitrogen and oxygen atoms in total. The molecule has 1 N–H and O–H groups in total. The molecule has 0 aliphatic rings. The van der Waals surface area contributed by atoms with Crippen LogP contribution in [0.15, 0.2) is 36.5 Å². The number of pyridine rings is 1. The summed E-state index contributed by atoms with van der Waals surface area (Å²) in [4.78, 5) is 4.38. The van der Waals surface area contributed by atoms with Crippen LogP contribution < -0.4 is 5.32 Å². The molecular weight excluding hydrogens is 335 g/mol. The van der Waals surface area contributed by atoms with Crippen molar-refractivity contribution in [3.05, 3.63) is 42.1 Å². The summed E-state index contributed by atoms with van der Waals surface area (Å²) >= 11 is 2.44. The highest BCUT2D eigenvalue weighted by Gasteiger charge is 2.00. The van der Waals surface area contributed by atoms with E-state index in [2.05, 4.69) is 57.2 Å². The molecule has 1 heterocycles. The summed E-state index contributed by atoms with van der Waals surface area (Å²) in [6.07, 6.45) is 5.83. The fourth-order valence-electron chi connectivity index (χ4n) is 2.05. The molecule has 0 spiro atoms. The van der Waals surface area contributed by atoms with Crippen LogP contribution in [0.4, 0.5) is 0 Å². The Labute approximate surface area is 122 Å². The fraction of sp³-hybridized carbons (Fsp3) is 0.400. The van der Waals surface area contributed by atoms with E-state index in [4.69, 9.17) is 0 Å². The monoisotopic (exact) mass is 354 g/mol. The van der Waals surface area contributed by atoms with Crippen LogP contribution in [0.3, 0.4) is 0 Å². The maximum atomic E-state index is 4.38. The summed E-state index contributed by atoms with van der Waals surface area (Å²) in [5, 5.41) is 4.79. The number of benzene rings is 1. The minimum atomic E-state index is 0.938. The Morgan fingerprint density at radius 3 is 2.83 bits per heavy atom. The zero-order valence-electron chi connectivity index (χ0n) is 10.5. The van der Waals surface area contributed by atoms with E-state index in [1.165, 1.54) is 34.6 Å². The number of rotatable bonds is 7. The molecule has 1 aromatic heterocycles. The van der Waals surface area contributed by atoms with Gasteiger partial charge in [0.25, 0.3) is 0 Å². The third-order valence-electron chi connectivity index (χ3n) is 3.04. The Morgan fingerprint density at radius 1 is 1.06 bits per heavy atom. The van der Waals surface area contributed by atoms with E-state index in [0.717, 1.165) is 18.6 Å². The number of unbranched alkanes of at least 4 members (excludes halogenated alkanes) is 2. The highest BCUT2D eigenvalue weighted by molar-refractivity contribution is 14.1. The third kappa shape index (κ3) is 3.92. The predicted molar refractivity (Wildman–Crippen MR) is 86.2 cm³/mol. The number of fused-ring (bicyclic) bond motifs is 1. The fourth-order valence-corrected chi connectivity index (χ4v) is 2.59.